The van der Waals surface area contributed by atoms with Gasteiger partial charge in [-0.2, -0.15) is 0 Å². The van der Waals surface area contributed by atoms with Gasteiger partial charge in [0.2, 0.25) is 0 Å². The first kappa shape index (κ1) is 16.0. The Morgan fingerprint density at radius 3 is 2.00 bits per heavy atom. The monoisotopic (exact) mass is 312 g/mol. The first-order valence-electron chi connectivity index (χ1n) is 3.92. The van der Waals surface area contributed by atoms with Crippen LogP contribution in [-0.4, -0.2) is 21.6 Å². The third-order valence-corrected chi connectivity index (χ3v) is 1.47. The summed E-state index contributed by atoms with van der Waals surface area (Å²) in [4.78, 5) is 11.1. The van der Waals surface area contributed by atoms with E-state index in [-0.39, 0.29) is 59.2 Å². The number of hydrogen-bond donors (Lipinski definition) is 2. The van der Waals surface area contributed by atoms with Crippen LogP contribution in [0.3, 0.4) is 0 Å². The molecular weight excluding hydrogens is 296 g/mol. The molecule has 0 aliphatic carbocycles. The van der Waals surface area contributed by atoms with Crippen molar-refractivity contribution in [2.24, 2.45) is 5.92 Å². The summed E-state index contributed by atoms with van der Waals surface area (Å²) < 4.78 is 0. The van der Waals surface area contributed by atoms with Crippen molar-refractivity contribution in [3.63, 3.8) is 0 Å². The van der Waals surface area contributed by atoms with Gasteiger partial charge >= 0.3 is 41.7 Å². The Balaban J connectivity index is 0. The van der Waals surface area contributed by atoms with Crippen LogP contribution < -0.4 is 0 Å². The normalized spacial score (nSPS) is 12.6. The van der Waals surface area contributed by atoms with E-state index in [9.17, 15) is 15.0 Å². The van der Waals surface area contributed by atoms with Crippen molar-refractivity contribution in [3.8, 4) is 0 Å². The van der Waals surface area contributed by atoms with Gasteiger partial charge < -0.3 is 10.2 Å². The Hall–Kier alpha value is 0.547. The van der Waals surface area contributed by atoms with Crippen molar-refractivity contribution in [1.29, 1.82) is 0 Å². The quantitative estimate of drug-likeness (QED) is 0.612. The van der Waals surface area contributed by atoms with Gasteiger partial charge in [-0.3, -0.25) is 4.79 Å². The molecule has 0 saturated carbocycles. The maximum Gasteiger partial charge on any atom is 4.00 e. The van der Waals surface area contributed by atoms with Crippen LogP contribution in [0.5, 0.6) is 0 Å². The SMILES string of the molecule is CC(C)C(=O)/C=C(\O)C(C)(C)O.[Ce+4]. The molecule has 0 fully saturated rings. The van der Waals surface area contributed by atoms with E-state index < -0.39 is 5.60 Å². The summed E-state index contributed by atoms with van der Waals surface area (Å²) in [5, 5.41) is 18.4. The van der Waals surface area contributed by atoms with Crippen LogP contribution in [-0.2, 0) is 4.79 Å². The maximum absolute atomic E-state index is 11.1. The summed E-state index contributed by atoms with van der Waals surface area (Å²) in [6.45, 7) is 6.31. The van der Waals surface area contributed by atoms with Crippen molar-refractivity contribution in [3.05, 3.63) is 11.8 Å². The van der Waals surface area contributed by atoms with E-state index in [4.69, 9.17) is 0 Å². The van der Waals surface area contributed by atoms with E-state index in [0.717, 1.165) is 6.08 Å². The third kappa shape index (κ3) is 6.60. The molecule has 0 bridgehead atoms. The van der Waals surface area contributed by atoms with Gasteiger partial charge in [0, 0.05) is 12.0 Å². The van der Waals surface area contributed by atoms with E-state index in [0.29, 0.717) is 0 Å². The number of hydrogen-bond acceptors (Lipinski definition) is 3. The van der Waals surface area contributed by atoms with Gasteiger partial charge in [-0.25, -0.2) is 0 Å². The molecule has 0 radical (unpaired) electrons. The number of ketones is 1. The average Bonchev–Trinajstić information content (AvgIpc) is 1.85. The Labute approximate surface area is 113 Å². The van der Waals surface area contributed by atoms with Crippen LogP contribution in [0, 0.1) is 47.7 Å². The number of carbonyl (C=O) groups excluding carboxylic acids is 1. The molecule has 2 N–H and O–H groups in total. The molecule has 0 heterocycles. The van der Waals surface area contributed by atoms with Gasteiger partial charge in [-0.1, -0.05) is 13.8 Å². The molecule has 0 aromatic carbocycles. The fourth-order valence-corrected chi connectivity index (χ4v) is 0.478. The molecule has 0 aromatic heterocycles. The zero-order chi connectivity index (χ0) is 9.94. The molecule has 70 valence electrons. The fraction of sp³-hybridized carbons (Fsp3) is 0.667. The molecule has 0 amide bonds. The van der Waals surface area contributed by atoms with Crippen LogP contribution in [0.4, 0.5) is 0 Å². The number of aliphatic hydroxyl groups excluding tert-OH is 1. The zero-order valence-corrected chi connectivity index (χ0v) is 11.6. The molecule has 3 nitrogen and oxygen atoms in total. The summed E-state index contributed by atoms with van der Waals surface area (Å²) in [6.07, 6.45) is 1.07. The van der Waals surface area contributed by atoms with E-state index in [1.807, 2.05) is 0 Å². The van der Waals surface area contributed by atoms with Crippen LogP contribution in [0.2, 0.25) is 0 Å². The van der Waals surface area contributed by atoms with Crippen molar-refractivity contribution in [2.75, 3.05) is 0 Å². The predicted octanol–water partition coefficient (Wildman–Crippen LogP) is 1.42. The van der Waals surface area contributed by atoms with Crippen molar-refractivity contribution in [2.45, 2.75) is 33.3 Å². The summed E-state index contributed by atoms with van der Waals surface area (Å²) in [5.74, 6) is -0.634. The number of allylic oxidation sites excluding steroid dienone is 1. The second kappa shape index (κ2) is 6.11. The Morgan fingerprint density at radius 1 is 1.38 bits per heavy atom. The number of carbonyl (C=O) groups is 1. The molecular formula is C9H16CeO3+4. The van der Waals surface area contributed by atoms with Crippen molar-refractivity contribution < 1.29 is 56.8 Å². The molecule has 0 unspecified atom stereocenters. The van der Waals surface area contributed by atoms with Gasteiger partial charge in [-0.05, 0) is 13.8 Å². The van der Waals surface area contributed by atoms with E-state index in [2.05, 4.69) is 0 Å². The summed E-state index contributed by atoms with van der Waals surface area (Å²) >= 11 is 0. The van der Waals surface area contributed by atoms with Gasteiger partial charge in [-0.15, -0.1) is 0 Å². The molecule has 0 saturated heterocycles. The van der Waals surface area contributed by atoms with Gasteiger partial charge in [0.25, 0.3) is 0 Å². The van der Waals surface area contributed by atoms with E-state index >= 15 is 0 Å². The van der Waals surface area contributed by atoms with Crippen molar-refractivity contribution >= 4 is 5.78 Å². The third-order valence-electron chi connectivity index (χ3n) is 1.47. The molecule has 13 heavy (non-hydrogen) atoms. The first-order chi connectivity index (χ1) is 5.25. The van der Waals surface area contributed by atoms with Crippen LogP contribution >= 0.6 is 0 Å². The molecule has 4 heteroatoms. The van der Waals surface area contributed by atoms with Gasteiger partial charge in [0.1, 0.15) is 11.4 Å². The largest absolute Gasteiger partial charge is 4.00 e. The Bertz CT molecular complexity index is 201. The van der Waals surface area contributed by atoms with E-state index in [1.54, 1.807) is 13.8 Å². The number of rotatable bonds is 3. The minimum absolute atomic E-state index is 0. The Kier molecular flexibility index (Phi) is 7.52. The second-order valence-corrected chi connectivity index (χ2v) is 3.65. The predicted molar refractivity (Wildman–Crippen MR) is 46.9 cm³/mol. The molecule has 0 atom stereocenters. The second-order valence-electron chi connectivity index (χ2n) is 3.65. The molecule has 0 spiro atoms. The Morgan fingerprint density at radius 2 is 1.77 bits per heavy atom. The first-order valence-corrected chi connectivity index (χ1v) is 3.92. The topological polar surface area (TPSA) is 57.5 Å². The fourth-order valence-electron chi connectivity index (χ4n) is 0.478. The van der Waals surface area contributed by atoms with Crippen LogP contribution in [0.1, 0.15) is 27.7 Å². The maximum atomic E-state index is 11.1. The molecule has 0 aromatic rings. The van der Waals surface area contributed by atoms with Crippen LogP contribution in [0.25, 0.3) is 0 Å². The molecule has 0 aliphatic rings. The van der Waals surface area contributed by atoms with Gasteiger partial charge in [0.15, 0.2) is 5.78 Å². The minimum Gasteiger partial charge on any atom is -0.509 e. The smallest absolute Gasteiger partial charge is 0.509 e. The molecule has 0 rings (SSSR count). The number of aliphatic hydroxyl groups is 2. The minimum atomic E-state index is -1.33. The van der Waals surface area contributed by atoms with Gasteiger partial charge in [0.05, 0.1) is 0 Å². The summed E-state index contributed by atoms with van der Waals surface area (Å²) in [6, 6.07) is 0. The zero-order valence-electron chi connectivity index (χ0n) is 8.46. The molecule has 0 aliphatic heterocycles. The summed E-state index contributed by atoms with van der Waals surface area (Å²) in [7, 11) is 0. The van der Waals surface area contributed by atoms with Crippen LogP contribution in [0.15, 0.2) is 11.8 Å². The summed E-state index contributed by atoms with van der Waals surface area (Å²) in [5.41, 5.74) is -1.33. The standard InChI is InChI=1S/C9H16O3.Ce/c1-6(2)7(10)5-8(11)9(3,4)12;/h5-6,11-12H,1-4H3;/q;+4/b8-5-;. The van der Waals surface area contributed by atoms with Crippen molar-refractivity contribution in [1.82, 2.24) is 0 Å². The average molecular weight is 312 g/mol. The van der Waals surface area contributed by atoms with E-state index in [1.165, 1.54) is 13.8 Å².